The van der Waals surface area contributed by atoms with E-state index in [0.717, 1.165) is 16.3 Å². The van der Waals surface area contributed by atoms with Crippen molar-refractivity contribution in [3.63, 3.8) is 0 Å². The third kappa shape index (κ3) is 3.71. The van der Waals surface area contributed by atoms with Crippen LogP contribution < -0.4 is 5.73 Å². The van der Waals surface area contributed by atoms with Gasteiger partial charge in [0.15, 0.2) is 0 Å². The van der Waals surface area contributed by atoms with Crippen LogP contribution in [0.25, 0.3) is 10.8 Å². The van der Waals surface area contributed by atoms with Gasteiger partial charge < -0.3 is 15.4 Å². The van der Waals surface area contributed by atoms with Crippen molar-refractivity contribution in [2.24, 2.45) is 5.73 Å². The van der Waals surface area contributed by atoms with Gasteiger partial charge in [-0.05, 0) is 37.1 Å². The molecule has 6 heteroatoms. The lowest BCUT2D eigenvalue weighted by molar-refractivity contribution is -0.163. The van der Waals surface area contributed by atoms with Gasteiger partial charge in [0.25, 0.3) is 0 Å². The summed E-state index contributed by atoms with van der Waals surface area (Å²) >= 11 is 1.57. The maximum atomic E-state index is 12.7. The standard InChI is InChI=1S/C20H24N2O3S/c1-20(2,3)25-19(24)16-12-26-18(22(16)17(23)11-21)15-10-6-8-13-7-4-5-9-14(13)15/h4-10,16,18H,11-12,21H2,1-3H3/t16-,18+/m0/s1. The van der Waals surface area contributed by atoms with Crippen LogP contribution in [0.4, 0.5) is 0 Å². The molecule has 0 radical (unpaired) electrons. The maximum absolute atomic E-state index is 12.7. The molecule has 2 aromatic carbocycles. The number of amides is 1. The van der Waals surface area contributed by atoms with Gasteiger partial charge in [0.1, 0.15) is 17.0 Å². The Hall–Kier alpha value is -2.05. The van der Waals surface area contributed by atoms with Crippen LogP contribution in [0.2, 0.25) is 0 Å². The van der Waals surface area contributed by atoms with Gasteiger partial charge in [0.05, 0.1) is 6.54 Å². The van der Waals surface area contributed by atoms with Crippen molar-refractivity contribution < 1.29 is 14.3 Å². The first kappa shape index (κ1) is 18.7. The van der Waals surface area contributed by atoms with Crippen molar-refractivity contribution in [1.29, 1.82) is 0 Å². The predicted octanol–water partition coefficient (Wildman–Crippen LogP) is 3.08. The van der Waals surface area contributed by atoms with E-state index in [2.05, 4.69) is 0 Å². The number of carbonyl (C=O) groups excluding carboxylic acids is 2. The van der Waals surface area contributed by atoms with E-state index >= 15 is 0 Å². The van der Waals surface area contributed by atoms with Gasteiger partial charge in [-0.15, -0.1) is 11.8 Å². The number of nitrogens with two attached hydrogens (primary N) is 1. The molecule has 0 spiro atoms. The Morgan fingerprint density at radius 1 is 1.19 bits per heavy atom. The fourth-order valence-electron chi connectivity index (χ4n) is 3.17. The summed E-state index contributed by atoms with van der Waals surface area (Å²) in [6, 6.07) is 13.4. The van der Waals surface area contributed by atoms with E-state index < -0.39 is 11.6 Å². The van der Waals surface area contributed by atoms with Crippen molar-refractivity contribution >= 4 is 34.4 Å². The van der Waals surface area contributed by atoms with Crippen LogP contribution in [0.3, 0.4) is 0 Å². The van der Waals surface area contributed by atoms with E-state index in [9.17, 15) is 9.59 Å². The molecule has 2 atom stereocenters. The van der Waals surface area contributed by atoms with Gasteiger partial charge >= 0.3 is 5.97 Å². The van der Waals surface area contributed by atoms with E-state index in [1.807, 2.05) is 63.2 Å². The summed E-state index contributed by atoms with van der Waals surface area (Å²) in [6.07, 6.45) is 0. The lowest BCUT2D eigenvalue weighted by Gasteiger charge is -2.30. The number of carbonyl (C=O) groups is 2. The Labute approximate surface area is 157 Å². The molecule has 1 aliphatic heterocycles. The maximum Gasteiger partial charge on any atom is 0.330 e. The van der Waals surface area contributed by atoms with E-state index in [1.54, 1.807) is 16.7 Å². The summed E-state index contributed by atoms with van der Waals surface area (Å²) in [5.41, 5.74) is 6.06. The molecule has 2 aromatic rings. The number of esters is 1. The third-order valence-electron chi connectivity index (χ3n) is 4.23. The molecule has 1 heterocycles. The lowest BCUT2D eigenvalue weighted by atomic mass is 10.0. The minimum Gasteiger partial charge on any atom is -0.458 e. The van der Waals surface area contributed by atoms with Crippen LogP contribution >= 0.6 is 11.8 Å². The van der Waals surface area contributed by atoms with Gasteiger partial charge in [0.2, 0.25) is 5.91 Å². The molecule has 26 heavy (non-hydrogen) atoms. The van der Waals surface area contributed by atoms with Gasteiger partial charge in [-0.3, -0.25) is 4.79 Å². The first-order valence-corrected chi connectivity index (χ1v) is 9.70. The minimum absolute atomic E-state index is 0.138. The molecule has 1 amide bonds. The minimum atomic E-state index is -0.626. The van der Waals surface area contributed by atoms with Crippen molar-refractivity contribution in [2.75, 3.05) is 12.3 Å². The number of nitrogens with zero attached hydrogens (tertiary/aromatic N) is 1. The highest BCUT2D eigenvalue weighted by Crippen LogP contribution is 2.44. The van der Waals surface area contributed by atoms with E-state index in [0.29, 0.717) is 5.75 Å². The van der Waals surface area contributed by atoms with Crippen molar-refractivity contribution in [3.8, 4) is 0 Å². The summed E-state index contributed by atoms with van der Waals surface area (Å²) < 4.78 is 5.53. The molecule has 0 saturated carbocycles. The largest absolute Gasteiger partial charge is 0.458 e. The molecule has 0 bridgehead atoms. The summed E-state index contributed by atoms with van der Waals surface area (Å²) in [6.45, 7) is 5.33. The van der Waals surface area contributed by atoms with Crippen molar-refractivity contribution in [2.45, 2.75) is 37.8 Å². The molecule has 1 fully saturated rings. The topological polar surface area (TPSA) is 72.6 Å². The average molecular weight is 372 g/mol. The van der Waals surface area contributed by atoms with Gasteiger partial charge in [-0.1, -0.05) is 42.5 Å². The van der Waals surface area contributed by atoms with Gasteiger partial charge in [-0.25, -0.2) is 4.79 Å². The summed E-state index contributed by atoms with van der Waals surface area (Å²) in [4.78, 5) is 26.9. The highest BCUT2D eigenvalue weighted by molar-refractivity contribution is 7.99. The Morgan fingerprint density at radius 2 is 1.88 bits per heavy atom. The second-order valence-corrected chi connectivity index (χ2v) is 8.42. The first-order valence-electron chi connectivity index (χ1n) is 8.65. The summed E-state index contributed by atoms with van der Waals surface area (Å²) in [7, 11) is 0. The quantitative estimate of drug-likeness (QED) is 0.838. The van der Waals surface area contributed by atoms with Crippen LogP contribution in [-0.2, 0) is 14.3 Å². The molecule has 0 unspecified atom stereocenters. The normalized spacial score (nSPS) is 20.4. The van der Waals surface area contributed by atoms with Gasteiger partial charge in [0, 0.05) is 5.75 Å². The molecular weight excluding hydrogens is 348 g/mol. The number of ether oxygens (including phenoxy) is 1. The zero-order chi connectivity index (χ0) is 18.9. The molecule has 5 nitrogen and oxygen atoms in total. The molecule has 2 N–H and O–H groups in total. The number of benzene rings is 2. The number of thioether (sulfide) groups is 1. The van der Waals surface area contributed by atoms with Crippen LogP contribution in [0.1, 0.15) is 31.7 Å². The highest BCUT2D eigenvalue weighted by atomic mass is 32.2. The van der Waals surface area contributed by atoms with Crippen LogP contribution in [0.5, 0.6) is 0 Å². The van der Waals surface area contributed by atoms with Crippen molar-refractivity contribution in [3.05, 3.63) is 48.0 Å². The van der Waals surface area contributed by atoms with Crippen LogP contribution in [0.15, 0.2) is 42.5 Å². The Balaban J connectivity index is 1.99. The lowest BCUT2D eigenvalue weighted by Crippen LogP contribution is -2.47. The molecule has 0 aromatic heterocycles. The smallest absolute Gasteiger partial charge is 0.330 e. The Bertz CT molecular complexity index is 826. The fourth-order valence-corrected chi connectivity index (χ4v) is 4.64. The molecule has 138 valence electrons. The Kier molecular flexibility index (Phi) is 5.25. The molecule has 3 rings (SSSR count). The van der Waals surface area contributed by atoms with Gasteiger partial charge in [-0.2, -0.15) is 0 Å². The average Bonchev–Trinajstić information content (AvgIpc) is 3.04. The summed E-state index contributed by atoms with van der Waals surface area (Å²) in [5, 5.41) is 1.92. The van der Waals surface area contributed by atoms with E-state index in [4.69, 9.17) is 10.5 Å². The van der Waals surface area contributed by atoms with Crippen molar-refractivity contribution in [1.82, 2.24) is 4.90 Å². The first-order chi connectivity index (χ1) is 12.3. The number of hydrogen-bond donors (Lipinski definition) is 1. The third-order valence-corrected chi connectivity index (χ3v) is 5.54. The SMILES string of the molecule is CC(C)(C)OC(=O)[C@@H]1CS[C@H](c2cccc3ccccc23)N1C(=O)CN. The van der Waals surface area contributed by atoms with E-state index in [-0.39, 0.29) is 23.8 Å². The molecular formula is C20H24N2O3S. The summed E-state index contributed by atoms with van der Waals surface area (Å²) in [5.74, 6) is -0.132. The molecule has 0 aliphatic carbocycles. The number of hydrogen-bond acceptors (Lipinski definition) is 5. The zero-order valence-electron chi connectivity index (χ0n) is 15.3. The number of fused-ring (bicyclic) bond motifs is 1. The fraction of sp³-hybridized carbons (Fsp3) is 0.400. The number of rotatable bonds is 3. The zero-order valence-corrected chi connectivity index (χ0v) is 16.1. The van der Waals surface area contributed by atoms with E-state index in [1.165, 1.54) is 0 Å². The molecule has 1 saturated heterocycles. The monoisotopic (exact) mass is 372 g/mol. The predicted molar refractivity (Wildman–Crippen MR) is 105 cm³/mol. The Morgan fingerprint density at radius 3 is 2.58 bits per heavy atom. The highest BCUT2D eigenvalue weighted by Gasteiger charge is 2.43. The van der Waals surface area contributed by atoms with Crippen LogP contribution in [0, 0.1) is 0 Å². The van der Waals surface area contributed by atoms with Crippen LogP contribution in [-0.4, -0.2) is 40.7 Å². The molecule has 1 aliphatic rings. The second-order valence-electron chi connectivity index (χ2n) is 7.31. The second kappa shape index (κ2) is 7.29.